The van der Waals surface area contributed by atoms with Gasteiger partial charge in [0.05, 0.1) is 13.3 Å². The maximum Gasteiger partial charge on any atom is 0.355 e. The van der Waals surface area contributed by atoms with Gasteiger partial charge in [0, 0.05) is 11.6 Å². The Morgan fingerprint density at radius 3 is 2.77 bits per heavy atom. The molecule has 1 fully saturated rings. The number of fused-ring (bicyclic) bond motifs is 1. The SMILES string of the molecule is COc1ccc(COC(=O)C2=C(CCl)CS[C@H]3[C@H](NC(=O)C(=NOCF)N4C=C(NC=O)SN4)C(=O)N23)cc1. The average molecular weight is 601 g/mol. The van der Waals surface area contributed by atoms with Crippen LogP contribution in [0.2, 0.25) is 0 Å². The zero-order valence-electron chi connectivity index (χ0n) is 20.2. The summed E-state index contributed by atoms with van der Waals surface area (Å²) in [5.74, 6) is -1.58. The summed E-state index contributed by atoms with van der Waals surface area (Å²) in [6.45, 7) is -1.34. The van der Waals surface area contributed by atoms with Gasteiger partial charge in [0.2, 0.25) is 6.41 Å². The average Bonchev–Trinajstić information content (AvgIpc) is 3.42. The van der Waals surface area contributed by atoms with Gasteiger partial charge in [-0.2, -0.15) is 4.83 Å². The number of thioether (sulfide) groups is 1. The summed E-state index contributed by atoms with van der Waals surface area (Å²) in [6.07, 6.45) is 1.75. The van der Waals surface area contributed by atoms with Crippen molar-refractivity contribution < 1.29 is 37.9 Å². The van der Waals surface area contributed by atoms with Gasteiger partial charge in [-0.1, -0.05) is 17.3 Å². The first-order valence-electron chi connectivity index (χ1n) is 11.1. The Bertz CT molecular complexity index is 1230. The summed E-state index contributed by atoms with van der Waals surface area (Å²) in [6, 6.07) is 5.93. The lowest BCUT2D eigenvalue weighted by atomic mass is 10.0. The Morgan fingerprint density at radius 1 is 1.33 bits per heavy atom. The molecule has 0 aliphatic carbocycles. The topological polar surface area (TPSA) is 151 Å². The number of carbonyl (C=O) groups is 4. The molecule has 0 bridgehead atoms. The molecule has 1 aromatic carbocycles. The third-order valence-corrected chi connectivity index (χ3v) is 7.94. The summed E-state index contributed by atoms with van der Waals surface area (Å²) >= 11 is 8.33. The minimum atomic E-state index is -1.30. The lowest BCUT2D eigenvalue weighted by Gasteiger charge is -2.49. The number of rotatable bonds is 10. The third kappa shape index (κ3) is 6.24. The van der Waals surface area contributed by atoms with Crippen LogP contribution in [-0.4, -0.2) is 77.0 Å². The van der Waals surface area contributed by atoms with E-state index in [2.05, 4.69) is 25.5 Å². The number of amidine groups is 1. The van der Waals surface area contributed by atoms with Gasteiger partial charge in [-0.25, -0.2) is 14.2 Å². The van der Waals surface area contributed by atoms with Gasteiger partial charge in [-0.3, -0.25) is 19.3 Å². The number of amides is 3. The van der Waals surface area contributed by atoms with Crippen LogP contribution in [0.4, 0.5) is 4.39 Å². The summed E-state index contributed by atoms with van der Waals surface area (Å²) in [7, 11) is 1.54. The molecule has 0 unspecified atom stereocenters. The Labute approximate surface area is 235 Å². The molecule has 17 heteroatoms. The van der Waals surface area contributed by atoms with E-state index in [1.807, 2.05) is 0 Å². The second-order valence-electron chi connectivity index (χ2n) is 7.84. The number of halogens is 2. The normalized spacial score (nSPS) is 20.5. The molecule has 3 aliphatic rings. The number of nitrogens with one attached hydrogen (secondary N) is 3. The second kappa shape index (κ2) is 13.1. The maximum atomic E-state index is 13.1. The zero-order valence-corrected chi connectivity index (χ0v) is 22.6. The molecule has 39 heavy (non-hydrogen) atoms. The van der Waals surface area contributed by atoms with Crippen LogP contribution in [0.1, 0.15) is 5.56 Å². The first-order valence-corrected chi connectivity index (χ1v) is 13.5. The Balaban J connectivity index is 1.44. The predicted molar refractivity (Wildman–Crippen MR) is 140 cm³/mol. The fourth-order valence-electron chi connectivity index (χ4n) is 3.70. The number of hydrazine groups is 1. The molecule has 4 rings (SSSR count). The van der Waals surface area contributed by atoms with E-state index in [-0.39, 0.29) is 18.2 Å². The van der Waals surface area contributed by atoms with Crippen molar-refractivity contribution >= 4 is 65.3 Å². The van der Waals surface area contributed by atoms with E-state index in [0.29, 0.717) is 28.5 Å². The number of alkyl halides is 2. The number of carbonyl (C=O) groups excluding carboxylic acids is 4. The van der Waals surface area contributed by atoms with Crippen LogP contribution >= 0.6 is 35.3 Å². The summed E-state index contributed by atoms with van der Waals surface area (Å²) in [5.41, 5.74) is 1.28. The number of nitrogens with zero attached hydrogens (tertiary/aromatic N) is 3. The number of esters is 1. The minimum absolute atomic E-state index is 0.00661. The smallest absolute Gasteiger partial charge is 0.355 e. The molecule has 1 aromatic rings. The van der Waals surface area contributed by atoms with E-state index in [1.54, 1.807) is 31.4 Å². The highest BCUT2D eigenvalue weighted by molar-refractivity contribution is 8.01. The summed E-state index contributed by atoms with van der Waals surface area (Å²) < 4.78 is 23.2. The lowest BCUT2D eigenvalue weighted by Crippen LogP contribution is -2.71. The van der Waals surface area contributed by atoms with Crippen LogP contribution in [0.3, 0.4) is 0 Å². The molecule has 0 spiro atoms. The van der Waals surface area contributed by atoms with Gasteiger partial charge in [0.15, 0.2) is 0 Å². The molecule has 0 aromatic heterocycles. The molecule has 0 saturated carbocycles. The van der Waals surface area contributed by atoms with Crippen LogP contribution < -0.4 is 20.2 Å². The van der Waals surface area contributed by atoms with E-state index in [0.717, 1.165) is 22.5 Å². The zero-order chi connectivity index (χ0) is 27.9. The minimum Gasteiger partial charge on any atom is -0.497 e. The Kier molecular flexibility index (Phi) is 9.55. The highest BCUT2D eigenvalue weighted by Crippen LogP contribution is 2.41. The molecular formula is C22H22ClFN6O7S2. The van der Waals surface area contributed by atoms with Crippen molar-refractivity contribution in [3.05, 3.63) is 52.3 Å². The van der Waals surface area contributed by atoms with Crippen molar-refractivity contribution in [1.82, 2.24) is 25.4 Å². The second-order valence-corrected chi connectivity index (χ2v) is 10.0. The van der Waals surface area contributed by atoms with Crippen LogP contribution in [0.15, 0.2) is 51.9 Å². The van der Waals surface area contributed by atoms with Crippen LogP contribution in [0.25, 0.3) is 0 Å². The number of β-lactam (4-membered cyclic amide) rings is 1. The van der Waals surface area contributed by atoms with Crippen LogP contribution in [-0.2, 0) is 35.4 Å². The van der Waals surface area contributed by atoms with Gasteiger partial charge >= 0.3 is 5.97 Å². The molecule has 1 saturated heterocycles. The predicted octanol–water partition coefficient (Wildman–Crippen LogP) is 0.902. The third-order valence-electron chi connectivity index (χ3n) is 5.55. The van der Waals surface area contributed by atoms with Crippen molar-refractivity contribution in [3.63, 3.8) is 0 Å². The molecule has 3 N–H and O–H groups in total. The number of hydrogen-bond acceptors (Lipinski definition) is 11. The standard InChI is InChI=1S/C22H22ClFN6O7S2/c1-35-14-4-2-12(3-5-14)8-36-22(34)17-13(6-23)9-38-21-16(20(33)30(17)21)26-19(32)18(27-37-10-24)29-7-15(25-11-31)39-28-29/h2-5,7,11,16,21,28H,6,8-10H2,1H3,(H,25,31)(H,26,32)/t16-,21+/m1/s1. The van der Waals surface area contributed by atoms with Crippen LogP contribution in [0.5, 0.6) is 5.75 Å². The number of oxime groups is 1. The highest BCUT2D eigenvalue weighted by Gasteiger charge is 2.54. The molecule has 2 atom stereocenters. The van der Waals surface area contributed by atoms with Crippen molar-refractivity contribution in [2.24, 2.45) is 5.16 Å². The van der Waals surface area contributed by atoms with Gasteiger partial charge in [-0.15, -0.1) is 23.4 Å². The monoisotopic (exact) mass is 600 g/mol. The Morgan fingerprint density at radius 2 is 2.10 bits per heavy atom. The molecule has 208 valence electrons. The molecule has 0 radical (unpaired) electrons. The quantitative estimate of drug-likeness (QED) is 0.0513. The van der Waals surface area contributed by atoms with Gasteiger partial charge in [-0.05, 0) is 35.2 Å². The Hall–Kier alpha value is -3.47. The van der Waals surface area contributed by atoms with E-state index in [9.17, 15) is 23.6 Å². The largest absolute Gasteiger partial charge is 0.497 e. The van der Waals surface area contributed by atoms with Gasteiger partial charge in [0.1, 0.15) is 34.5 Å². The first kappa shape index (κ1) is 28.5. The first-order chi connectivity index (χ1) is 18.9. The number of ether oxygens (including phenoxy) is 2. The summed E-state index contributed by atoms with van der Waals surface area (Å²) in [5, 5.41) is 9.20. The molecule has 3 aliphatic heterocycles. The van der Waals surface area contributed by atoms with Crippen molar-refractivity contribution in [3.8, 4) is 5.75 Å². The molecule has 3 heterocycles. The van der Waals surface area contributed by atoms with E-state index >= 15 is 0 Å². The number of methoxy groups -OCH3 is 1. The molecular weight excluding hydrogens is 579 g/mol. The molecule has 13 nitrogen and oxygen atoms in total. The highest BCUT2D eigenvalue weighted by atomic mass is 35.5. The van der Waals surface area contributed by atoms with Gasteiger partial charge < -0.3 is 24.9 Å². The van der Waals surface area contributed by atoms with Crippen LogP contribution in [0, 0.1) is 0 Å². The summed E-state index contributed by atoms with van der Waals surface area (Å²) in [4.78, 5) is 58.2. The van der Waals surface area contributed by atoms with Crippen molar-refractivity contribution in [2.45, 2.75) is 18.0 Å². The lowest BCUT2D eigenvalue weighted by molar-refractivity contribution is -0.153. The van der Waals surface area contributed by atoms with E-state index in [1.165, 1.54) is 22.9 Å². The van der Waals surface area contributed by atoms with Crippen molar-refractivity contribution in [1.29, 1.82) is 0 Å². The van der Waals surface area contributed by atoms with Crippen molar-refractivity contribution in [2.75, 3.05) is 25.6 Å². The number of hydrogen-bond donors (Lipinski definition) is 3. The number of benzene rings is 1. The van der Waals surface area contributed by atoms with Gasteiger partial charge in [0.25, 0.3) is 24.5 Å². The maximum absolute atomic E-state index is 13.1. The fraction of sp³-hybridized carbons (Fsp3) is 0.318. The van der Waals surface area contributed by atoms with E-state index in [4.69, 9.17) is 21.1 Å². The fourth-order valence-corrected chi connectivity index (χ4v) is 5.98. The van der Waals surface area contributed by atoms with E-state index < -0.39 is 41.9 Å². The molecule has 3 amide bonds.